The van der Waals surface area contributed by atoms with Crippen LogP contribution in [0.3, 0.4) is 0 Å². The average Bonchev–Trinajstić information content (AvgIpc) is 2.85. The second-order valence-corrected chi connectivity index (χ2v) is 5.85. The highest BCUT2D eigenvalue weighted by Crippen LogP contribution is 2.19. The van der Waals surface area contributed by atoms with Crippen LogP contribution in [0.5, 0.6) is 0 Å². The maximum absolute atomic E-state index is 12.0. The summed E-state index contributed by atoms with van der Waals surface area (Å²) in [5, 5.41) is 0.115. The van der Waals surface area contributed by atoms with E-state index in [1.807, 2.05) is 6.92 Å². The molecule has 0 unspecified atom stereocenters. The summed E-state index contributed by atoms with van der Waals surface area (Å²) < 4.78 is 31.7. The third kappa shape index (κ3) is 3.31. The number of sulfonamides is 1. The third-order valence-electron chi connectivity index (χ3n) is 2.39. The Morgan fingerprint density at radius 1 is 1.42 bits per heavy atom. The fourth-order valence-electron chi connectivity index (χ4n) is 1.39. The molecular weight excluding hydrogens is 290 g/mol. The van der Waals surface area contributed by atoms with E-state index in [2.05, 4.69) is 14.7 Å². The van der Waals surface area contributed by atoms with Crippen LogP contribution in [0, 0.1) is 0 Å². The zero-order chi connectivity index (χ0) is 13.9. The molecule has 0 radical (unpaired) electrons. The molecule has 0 fully saturated rings. The molecule has 102 valence electrons. The highest BCUT2D eigenvalue weighted by Gasteiger charge is 2.18. The van der Waals surface area contributed by atoms with Gasteiger partial charge in [0.15, 0.2) is 0 Å². The van der Waals surface area contributed by atoms with Crippen molar-refractivity contribution in [3.05, 3.63) is 41.3 Å². The van der Waals surface area contributed by atoms with Crippen LogP contribution >= 0.6 is 11.6 Å². The van der Waals surface area contributed by atoms with Crippen LogP contribution in [-0.2, 0) is 23.0 Å². The lowest BCUT2D eigenvalue weighted by atomic mass is 10.4. The molecule has 0 atom stereocenters. The third-order valence-corrected chi connectivity index (χ3v) is 4.26. The predicted octanol–water partition coefficient (Wildman–Crippen LogP) is 1.76. The predicted molar refractivity (Wildman–Crippen MR) is 69.2 cm³/mol. The first-order chi connectivity index (χ1) is 9.03. The van der Waals surface area contributed by atoms with Crippen molar-refractivity contribution in [2.45, 2.75) is 24.8 Å². The van der Waals surface area contributed by atoms with E-state index in [0.29, 0.717) is 18.1 Å². The molecule has 2 aromatic heterocycles. The zero-order valence-electron chi connectivity index (χ0n) is 10.1. The number of pyridine rings is 1. The van der Waals surface area contributed by atoms with Crippen LogP contribution in [-0.4, -0.2) is 18.4 Å². The molecule has 2 heterocycles. The highest BCUT2D eigenvalue weighted by atomic mass is 35.5. The van der Waals surface area contributed by atoms with Crippen molar-refractivity contribution in [1.29, 1.82) is 0 Å². The maximum atomic E-state index is 12.0. The van der Waals surface area contributed by atoms with Crippen LogP contribution < -0.4 is 4.72 Å². The highest BCUT2D eigenvalue weighted by molar-refractivity contribution is 7.89. The fourth-order valence-corrected chi connectivity index (χ4v) is 2.79. The van der Waals surface area contributed by atoms with Crippen molar-refractivity contribution in [1.82, 2.24) is 14.7 Å². The largest absolute Gasteiger partial charge is 0.444 e. The molecule has 0 aromatic carbocycles. The summed E-state index contributed by atoms with van der Waals surface area (Å²) >= 11 is 5.82. The van der Waals surface area contributed by atoms with Crippen LogP contribution in [0.15, 0.2) is 34.0 Å². The van der Waals surface area contributed by atoms with Gasteiger partial charge in [-0.1, -0.05) is 18.5 Å². The number of hydrogen-bond acceptors (Lipinski definition) is 5. The van der Waals surface area contributed by atoms with Gasteiger partial charge in [0, 0.05) is 18.8 Å². The van der Waals surface area contributed by atoms with Gasteiger partial charge in [0.25, 0.3) is 0 Å². The van der Waals surface area contributed by atoms with Crippen molar-refractivity contribution < 1.29 is 12.8 Å². The standard InChI is InChI=1S/C11H12ClN3O3S/c1-2-8-5-14-11(18-8)7-15-19(16,17)10-6-13-4-3-9(10)12/h3-6,15H,2,7H2,1H3. The van der Waals surface area contributed by atoms with Crippen LogP contribution in [0.2, 0.25) is 5.02 Å². The van der Waals surface area contributed by atoms with Gasteiger partial charge in [-0.2, -0.15) is 0 Å². The minimum absolute atomic E-state index is 0.0342. The molecule has 1 N–H and O–H groups in total. The van der Waals surface area contributed by atoms with E-state index in [1.165, 1.54) is 18.5 Å². The summed E-state index contributed by atoms with van der Waals surface area (Å²) in [6, 6.07) is 1.41. The van der Waals surface area contributed by atoms with Gasteiger partial charge in [-0.25, -0.2) is 18.1 Å². The minimum Gasteiger partial charge on any atom is -0.444 e. The monoisotopic (exact) mass is 301 g/mol. The molecule has 2 aromatic rings. The van der Waals surface area contributed by atoms with Gasteiger partial charge in [0.05, 0.1) is 17.8 Å². The van der Waals surface area contributed by atoms with Gasteiger partial charge < -0.3 is 4.42 Å². The molecule has 0 saturated carbocycles. The molecule has 6 nitrogen and oxygen atoms in total. The van der Waals surface area contributed by atoms with Crippen molar-refractivity contribution in [3.63, 3.8) is 0 Å². The van der Waals surface area contributed by atoms with Crippen LogP contribution in [0.1, 0.15) is 18.6 Å². The molecule has 0 spiro atoms. The number of nitrogens with zero attached hydrogens (tertiary/aromatic N) is 2. The van der Waals surface area contributed by atoms with E-state index in [1.54, 1.807) is 6.20 Å². The molecule has 2 rings (SSSR count). The maximum Gasteiger partial charge on any atom is 0.244 e. The topological polar surface area (TPSA) is 85.1 Å². The Hall–Kier alpha value is -1.44. The van der Waals surface area contributed by atoms with E-state index in [0.717, 1.165) is 0 Å². The van der Waals surface area contributed by atoms with E-state index in [4.69, 9.17) is 16.0 Å². The zero-order valence-corrected chi connectivity index (χ0v) is 11.7. The van der Waals surface area contributed by atoms with Gasteiger partial charge >= 0.3 is 0 Å². The summed E-state index contributed by atoms with van der Waals surface area (Å²) in [7, 11) is -3.73. The summed E-state index contributed by atoms with van der Waals surface area (Å²) in [4.78, 5) is 7.64. The van der Waals surface area contributed by atoms with Gasteiger partial charge in [-0.3, -0.25) is 4.98 Å². The number of aromatic nitrogens is 2. The molecule has 0 aliphatic carbocycles. The van der Waals surface area contributed by atoms with E-state index >= 15 is 0 Å². The first kappa shape index (κ1) is 14.0. The average molecular weight is 302 g/mol. The Balaban J connectivity index is 2.12. The Bertz CT molecular complexity index is 669. The van der Waals surface area contributed by atoms with E-state index in [-0.39, 0.29) is 16.5 Å². The molecule has 19 heavy (non-hydrogen) atoms. The molecule has 8 heteroatoms. The quantitative estimate of drug-likeness (QED) is 0.909. The second kappa shape index (κ2) is 5.68. The van der Waals surface area contributed by atoms with Crippen LogP contribution in [0.4, 0.5) is 0 Å². The summed E-state index contributed by atoms with van der Waals surface area (Å²) in [6.45, 7) is 1.89. The Morgan fingerprint density at radius 3 is 2.84 bits per heavy atom. The minimum atomic E-state index is -3.73. The normalized spacial score (nSPS) is 11.7. The number of halogens is 1. The lowest BCUT2D eigenvalue weighted by Gasteiger charge is -2.05. The van der Waals surface area contributed by atoms with Gasteiger partial charge in [-0.15, -0.1) is 0 Å². The van der Waals surface area contributed by atoms with Crippen molar-refractivity contribution in [2.75, 3.05) is 0 Å². The summed E-state index contributed by atoms with van der Waals surface area (Å²) in [6.07, 6.45) is 4.88. The smallest absolute Gasteiger partial charge is 0.244 e. The van der Waals surface area contributed by atoms with E-state index in [9.17, 15) is 8.42 Å². The van der Waals surface area contributed by atoms with Crippen LogP contribution in [0.25, 0.3) is 0 Å². The molecular formula is C11H12ClN3O3S. The van der Waals surface area contributed by atoms with E-state index < -0.39 is 10.0 Å². The van der Waals surface area contributed by atoms with Crippen molar-refractivity contribution in [2.24, 2.45) is 0 Å². The number of rotatable bonds is 5. The number of aryl methyl sites for hydroxylation is 1. The van der Waals surface area contributed by atoms with Crippen molar-refractivity contribution >= 4 is 21.6 Å². The first-order valence-corrected chi connectivity index (χ1v) is 7.42. The Labute approximate surface area is 115 Å². The summed E-state index contributed by atoms with van der Waals surface area (Å²) in [5.41, 5.74) is 0. The summed E-state index contributed by atoms with van der Waals surface area (Å²) in [5.74, 6) is 1.01. The number of hydrogen-bond donors (Lipinski definition) is 1. The van der Waals surface area contributed by atoms with Gasteiger partial charge in [-0.05, 0) is 6.07 Å². The second-order valence-electron chi connectivity index (χ2n) is 3.70. The molecule has 0 bridgehead atoms. The lowest BCUT2D eigenvalue weighted by Crippen LogP contribution is -2.23. The van der Waals surface area contributed by atoms with Gasteiger partial charge in [0.1, 0.15) is 10.7 Å². The first-order valence-electron chi connectivity index (χ1n) is 5.55. The van der Waals surface area contributed by atoms with Crippen molar-refractivity contribution in [3.8, 4) is 0 Å². The SMILES string of the molecule is CCc1cnc(CNS(=O)(=O)c2cnccc2Cl)o1. The Morgan fingerprint density at radius 2 is 2.21 bits per heavy atom. The molecule has 0 aliphatic rings. The lowest BCUT2D eigenvalue weighted by molar-refractivity contribution is 0.452. The fraction of sp³-hybridized carbons (Fsp3) is 0.273. The Kier molecular flexibility index (Phi) is 4.18. The van der Waals surface area contributed by atoms with Gasteiger partial charge in [0.2, 0.25) is 15.9 Å². The molecule has 0 amide bonds. The molecule has 0 saturated heterocycles. The number of nitrogens with one attached hydrogen (secondary N) is 1. The molecule has 0 aliphatic heterocycles. The number of oxazole rings is 1.